The molecule has 0 unspecified atom stereocenters. The molecule has 0 saturated carbocycles. The van der Waals surface area contributed by atoms with E-state index in [2.05, 4.69) is 0 Å². The summed E-state index contributed by atoms with van der Waals surface area (Å²) >= 11 is 0. The van der Waals surface area contributed by atoms with E-state index >= 15 is 0 Å². The summed E-state index contributed by atoms with van der Waals surface area (Å²) in [6.07, 6.45) is -2.08. The van der Waals surface area contributed by atoms with Gasteiger partial charge in [-0.3, -0.25) is 9.69 Å². The summed E-state index contributed by atoms with van der Waals surface area (Å²) in [7, 11) is 0. The monoisotopic (exact) mass is 487 g/mol. The van der Waals surface area contributed by atoms with Crippen LogP contribution in [0.3, 0.4) is 0 Å². The molecule has 0 radical (unpaired) electrons. The van der Waals surface area contributed by atoms with E-state index in [1.165, 1.54) is 6.92 Å². The molecule has 186 valence electrons. The number of esters is 2. The third kappa shape index (κ3) is 6.05. The Balaban J connectivity index is 1.61. The molecule has 4 atom stereocenters. The molecule has 36 heavy (non-hydrogen) atoms. The molecule has 1 fully saturated rings. The topological polar surface area (TPSA) is 93.1 Å². The second-order valence-corrected chi connectivity index (χ2v) is 8.89. The minimum atomic E-state index is -1.17. The van der Waals surface area contributed by atoms with Crippen molar-refractivity contribution in [3.63, 3.8) is 0 Å². The highest BCUT2D eigenvalue weighted by atomic mass is 16.6. The highest BCUT2D eigenvalue weighted by Crippen LogP contribution is 2.33. The molecule has 1 saturated heterocycles. The Hall–Kier alpha value is -3.81. The van der Waals surface area contributed by atoms with Crippen LogP contribution in [0.1, 0.15) is 39.6 Å². The van der Waals surface area contributed by atoms with Gasteiger partial charge in [0, 0.05) is 13.0 Å². The van der Waals surface area contributed by atoms with Crippen LogP contribution in [-0.4, -0.2) is 58.6 Å². The lowest BCUT2D eigenvalue weighted by Gasteiger charge is -2.30. The van der Waals surface area contributed by atoms with Crippen molar-refractivity contribution in [3.8, 4) is 0 Å². The molecule has 1 N–H and O–H groups in total. The number of carbonyl (C=O) groups excluding carboxylic acids is 3. The molecular formula is C29H29NO6. The predicted octanol–water partition coefficient (Wildman–Crippen LogP) is 3.66. The number of ether oxygens (including phenoxy) is 2. The van der Waals surface area contributed by atoms with Crippen LogP contribution in [-0.2, 0) is 20.8 Å². The van der Waals surface area contributed by atoms with Gasteiger partial charge in [0.1, 0.15) is 24.6 Å². The summed E-state index contributed by atoms with van der Waals surface area (Å²) in [5.41, 5.74) is 1.69. The van der Waals surface area contributed by atoms with Crippen LogP contribution in [0.15, 0.2) is 91.0 Å². The second-order valence-electron chi connectivity index (χ2n) is 8.89. The van der Waals surface area contributed by atoms with Crippen LogP contribution in [0.2, 0.25) is 0 Å². The molecular weight excluding hydrogens is 458 g/mol. The van der Waals surface area contributed by atoms with Crippen molar-refractivity contribution in [3.05, 3.63) is 108 Å². The van der Waals surface area contributed by atoms with Gasteiger partial charge >= 0.3 is 11.9 Å². The van der Waals surface area contributed by atoms with Crippen LogP contribution >= 0.6 is 0 Å². The second kappa shape index (κ2) is 11.7. The zero-order valence-corrected chi connectivity index (χ0v) is 20.0. The SMILES string of the molecule is CC(=O)C[C@@H]1[C@@H](OC(=O)c2ccccc2)[C@H](O)[C@@H](COC(=O)c2ccccc2)N1Cc1ccccc1. The molecule has 1 aliphatic heterocycles. The number of carbonyl (C=O) groups is 3. The first-order valence-corrected chi connectivity index (χ1v) is 11.9. The van der Waals surface area contributed by atoms with E-state index in [1.54, 1.807) is 60.7 Å². The van der Waals surface area contributed by atoms with Gasteiger partial charge in [-0.1, -0.05) is 66.7 Å². The predicted molar refractivity (Wildman–Crippen MR) is 133 cm³/mol. The molecule has 7 nitrogen and oxygen atoms in total. The number of nitrogens with zero attached hydrogens (tertiary/aromatic N) is 1. The van der Waals surface area contributed by atoms with Gasteiger partial charge in [0.15, 0.2) is 0 Å². The van der Waals surface area contributed by atoms with Crippen LogP contribution in [0.4, 0.5) is 0 Å². The summed E-state index contributed by atoms with van der Waals surface area (Å²) in [5.74, 6) is -1.21. The third-order valence-electron chi connectivity index (χ3n) is 6.31. The molecule has 0 aliphatic carbocycles. The van der Waals surface area contributed by atoms with E-state index in [-0.39, 0.29) is 18.8 Å². The Morgan fingerprint density at radius 1 is 0.778 bits per heavy atom. The van der Waals surface area contributed by atoms with Gasteiger partial charge < -0.3 is 14.6 Å². The summed E-state index contributed by atoms with van der Waals surface area (Å²) in [4.78, 5) is 39.6. The maximum Gasteiger partial charge on any atom is 0.338 e. The number of likely N-dealkylation sites (tertiary alicyclic amines) is 1. The van der Waals surface area contributed by atoms with Crippen molar-refractivity contribution in [2.45, 2.75) is 44.2 Å². The van der Waals surface area contributed by atoms with E-state index in [0.717, 1.165) is 5.56 Å². The molecule has 4 rings (SSSR count). The number of hydrogen-bond donors (Lipinski definition) is 1. The van der Waals surface area contributed by atoms with Crippen molar-refractivity contribution in [1.29, 1.82) is 0 Å². The maximum atomic E-state index is 12.9. The van der Waals surface area contributed by atoms with Gasteiger partial charge in [0.25, 0.3) is 0 Å². The lowest BCUT2D eigenvalue weighted by Crippen LogP contribution is -2.42. The van der Waals surface area contributed by atoms with E-state index in [4.69, 9.17) is 9.47 Å². The fourth-order valence-electron chi connectivity index (χ4n) is 4.56. The van der Waals surface area contributed by atoms with Crippen LogP contribution in [0, 0.1) is 0 Å². The standard InChI is InChI=1S/C29H29NO6/c1-20(31)17-24-27(36-29(34)23-15-9-4-10-16-23)26(32)25(30(24)18-21-11-5-2-6-12-21)19-35-28(33)22-13-7-3-8-14-22/h2-16,24-27,32H,17-19H2,1H3/t24-,25-,26-,27-/m1/s1. The first-order chi connectivity index (χ1) is 17.4. The Kier molecular flexibility index (Phi) is 8.25. The molecule has 3 aromatic rings. The van der Waals surface area contributed by atoms with E-state index in [9.17, 15) is 19.5 Å². The summed E-state index contributed by atoms with van der Waals surface area (Å²) in [6.45, 7) is 1.71. The number of aliphatic hydroxyl groups excluding tert-OH is 1. The fraction of sp³-hybridized carbons (Fsp3) is 0.276. The van der Waals surface area contributed by atoms with Crippen molar-refractivity contribution < 1.29 is 29.0 Å². The van der Waals surface area contributed by atoms with Gasteiger partial charge in [-0.15, -0.1) is 0 Å². The Bertz CT molecular complexity index is 1170. The van der Waals surface area contributed by atoms with E-state index in [0.29, 0.717) is 17.7 Å². The molecule has 0 spiro atoms. The number of hydrogen-bond acceptors (Lipinski definition) is 7. The Morgan fingerprint density at radius 2 is 1.31 bits per heavy atom. The first-order valence-electron chi connectivity index (χ1n) is 11.9. The van der Waals surface area contributed by atoms with Gasteiger partial charge in [0.2, 0.25) is 0 Å². The lowest BCUT2D eigenvalue weighted by molar-refractivity contribution is -0.119. The van der Waals surface area contributed by atoms with Crippen LogP contribution in [0.25, 0.3) is 0 Å². The maximum absolute atomic E-state index is 12.9. The van der Waals surface area contributed by atoms with Gasteiger partial charge in [-0.05, 0) is 36.8 Å². The largest absolute Gasteiger partial charge is 0.460 e. The normalized spacial score (nSPS) is 21.6. The number of aliphatic hydroxyl groups is 1. The molecule has 0 amide bonds. The summed E-state index contributed by atoms with van der Waals surface area (Å²) in [5, 5.41) is 11.3. The molecule has 0 bridgehead atoms. The zero-order valence-electron chi connectivity index (χ0n) is 20.0. The van der Waals surface area contributed by atoms with Crippen molar-refractivity contribution in [2.24, 2.45) is 0 Å². The van der Waals surface area contributed by atoms with E-state index < -0.39 is 36.2 Å². The third-order valence-corrected chi connectivity index (χ3v) is 6.31. The number of benzene rings is 3. The average molecular weight is 488 g/mol. The molecule has 7 heteroatoms. The van der Waals surface area contributed by atoms with Crippen LogP contribution in [0.5, 0.6) is 0 Å². The Morgan fingerprint density at radius 3 is 1.86 bits per heavy atom. The first kappa shape index (κ1) is 25.3. The minimum Gasteiger partial charge on any atom is -0.460 e. The van der Waals surface area contributed by atoms with Gasteiger partial charge in [-0.25, -0.2) is 9.59 Å². The van der Waals surface area contributed by atoms with Crippen molar-refractivity contribution in [1.82, 2.24) is 4.90 Å². The van der Waals surface area contributed by atoms with Crippen molar-refractivity contribution in [2.75, 3.05) is 6.61 Å². The molecule has 3 aromatic carbocycles. The Labute approximate surface area is 210 Å². The van der Waals surface area contributed by atoms with E-state index in [1.807, 2.05) is 35.2 Å². The molecule has 1 aliphatic rings. The number of rotatable bonds is 9. The average Bonchev–Trinajstić information content (AvgIpc) is 3.13. The van der Waals surface area contributed by atoms with Gasteiger partial charge in [0.05, 0.1) is 23.2 Å². The minimum absolute atomic E-state index is 0.0692. The van der Waals surface area contributed by atoms with Crippen LogP contribution < -0.4 is 0 Å². The number of ketones is 1. The highest BCUT2D eigenvalue weighted by Gasteiger charge is 2.51. The highest BCUT2D eigenvalue weighted by molar-refractivity contribution is 5.90. The van der Waals surface area contributed by atoms with Gasteiger partial charge in [-0.2, -0.15) is 0 Å². The molecule has 0 aromatic heterocycles. The zero-order chi connectivity index (χ0) is 25.5. The quantitative estimate of drug-likeness (QED) is 0.461. The van der Waals surface area contributed by atoms with Crippen molar-refractivity contribution >= 4 is 17.7 Å². The lowest BCUT2D eigenvalue weighted by atomic mass is 10.0. The molecule has 1 heterocycles. The summed E-state index contributed by atoms with van der Waals surface area (Å²) < 4.78 is 11.4. The smallest absolute Gasteiger partial charge is 0.338 e. The summed E-state index contributed by atoms with van der Waals surface area (Å²) in [6, 6.07) is 25.4. The number of Topliss-reactive ketones (excluding diaryl/α,β-unsaturated/α-hetero) is 1. The fourth-order valence-corrected chi connectivity index (χ4v) is 4.56.